The fraction of sp³-hybridized carbons (Fsp3) is 0.263. The van der Waals surface area contributed by atoms with E-state index in [1.807, 2.05) is 12.1 Å². The van der Waals surface area contributed by atoms with Gasteiger partial charge in [0.1, 0.15) is 5.82 Å². The zero-order valence-corrected chi connectivity index (χ0v) is 13.9. The number of carbonyl (C=O) groups excluding carboxylic acids is 1. The van der Waals surface area contributed by atoms with E-state index in [9.17, 15) is 9.18 Å². The number of hydrogen-bond acceptors (Lipinski definition) is 2. The molecule has 23 heavy (non-hydrogen) atoms. The fourth-order valence-electron chi connectivity index (χ4n) is 2.14. The lowest BCUT2D eigenvalue weighted by atomic mass is 9.87. The molecule has 0 unspecified atom stereocenters. The molecule has 1 N–H and O–H groups in total. The molecule has 0 aromatic heterocycles. The molecular weight excluding hydrogens is 291 g/mol. The molecule has 0 aliphatic rings. The second-order valence-corrected chi connectivity index (χ2v) is 6.45. The Balaban J connectivity index is 2.10. The molecule has 0 aliphatic heterocycles. The number of nitrogens with zero attached hydrogens (tertiary/aromatic N) is 1. The van der Waals surface area contributed by atoms with Crippen LogP contribution in [-0.4, -0.2) is 11.6 Å². The van der Waals surface area contributed by atoms with Gasteiger partial charge in [-0.15, -0.1) is 0 Å². The van der Waals surface area contributed by atoms with Gasteiger partial charge in [-0.1, -0.05) is 51.1 Å². The Morgan fingerprint density at radius 1 is 1.04 bits per heavy atom. The summed E-state index contributed by atoms with van der Waals surface area (Å²) in [6.07, 6.45) is 0. The highest BCUT2D eigenvalue weighted by molar-refractivity contribution is 6.01. The number of nitrogens with one attached hydrogen (secondary N) is 1. The second kappa shape index (κ2) is 6.73. The zero-order chi connectivity index (χ0) is 17.0. The van der Waals surface area contributed by atoms with E-state index in [-0.39, 0.29) is 17.1 Å². The number of amides is 1. The van der Waals surface area contributed by atoms with E-state index in [1.54, 1.807) is 37.3 Å². The molecule has 2 aromatic carbocycles. The first kappa shape index (κ1) is 16.9. The summed E-state index contributed by atoms with van der Waals surface area (Å²) >= 11 is 0. The summed E-state index contributed by atoms with van der Waals surface area (Å²) in [6, 6.07) is 13.7. The SMILES string of the molecule is CC(=NNC(=O)c1ccc(C(C)(C)C)cc1)c1ccccc1F. The lowest BCUT2D eigenvalue weighted by molar-refractivity contribution is 0.0954. The highest BCUT2D eigenvalue weighted by Gasteiger charge is 2.14. The van der Waals surface area contributed by atoms with E-state index in [1.165, 1.54) is 6.07 Å². The predicted molar refractivity (Wildman–Crippen MR) is 91.2 cm³/mol. The molecule has 0 saturated heterocycles. The third-order valence-electron chi connectivity index (χ3n) is 3.60. The van der Waals surface area contributed by atoms with Crippen molar-refractivity contribution in [3.8, 4) is 0 Å². The summed E-state index contributed by atoms with van der Waals surface area (Å²) in [5.74, 6) is -0.682. The van der Waals surface area contributed by atoms with Crippen LogP contribution in [0, 0.1) is 5.82 Å². The minimum atomic E-state index is -0.363. The number of halogens is 1. The van der Waals surface area contributed by atoms with Crippen LogP contribution in [-0.2, 0) is 5.41 Å². The van der Waals surface area contributed by atoms with Crippen LogP contribution in [0.2, 0.25) is 0 Å². The van der Waals surface area contributed by atoms with Gasteiger partial charge < -0.3 is 0 Å². The van der Waals surface area contributed by atoms with E-state index >= 15 is 0 Å². The van der Waals surface area contributed by atoms with Crippen molar-refractivity contribution in [1.29, 1.82) is 0 Å². The van der Waals surface area contributed by atoms with Crippen LogP contribution in [0.1, 0.15) is 49.2 Å². The van der Waals surface area contributed by atoms with Gasteiger partial charge in [0.15, 0.2) is 0 Å². The summed E-state index contributed by atoms with van der Waals surface area (Å²) in [5.41, 5.74) is 4.96. The van der Waals surface area contributed by atoms with Crippen molar-refractivity contribution in [2.24, 2.45) is 5.10 Å². The van der Waals surface area contributed by atoms with E-state index in [2.05, 4.69) is 31.3 Å². The summed E-state index contributed by atoms with van der Waals surface area (Å²) < 4.78 is 13.7. The average molecular weight is 312 g/mol. The normalized spacial score (nSPS) is 12.1. The average Bonchev–Trinajstić information content (AvgIpc) is 2.52. The highest BCUT2D eigenvalue weighted by atomic mass is 19.1. The Morgan fingerprint density at radius 2 is 1.65 bits per heavy atom. The number of hydrogen-bond donors (Lipinski definition) is 1. The summed E-state index contributed by atoms with van der Waals surface area (Å²) in [4.78, 5) is 12.1. The van der Waals surface area contributed by atoms with Crippen LogP contribution in [0.4, 0.5) is 4.39 Å². The summed E-state index contributed by atoms with van der Waals surface area (Å²) in [5, 5.41) is 3.98. The molecule has 120 valence electrons. The molecule has 2 rings (SSSR count). The monoisotopic (exact) mass is 312 g/mol. The standard InChI is InChI=1S/C19H21FN2O/c1-13(16-7-5-6-8-17(16)20)21-22-18(23)14-9-11-15(12-10-14)19(2,3)4/h5-12H,1-4H3,(H,22,23). The molecule has 1 amide bonds. The number of rotatable bonds is 3. The molecule has 0 heterocycles. The maximum Gasteiger partial charge on any atom is 0.271 e. The zero-order valence-electron chi connectivity index (χ0n) is 13.9. The van der Waals surface area contributed by atoms with Gasteiger partial charge in [0.2, 0.25) is 0 Å². The first-order valence-electron chi connectivity index (χ1n) is 7.49. The molecule has 2 aromatic rings. The van der Waals surface area contributed by atoms with Crippen LogP contribution < -0.4 is 5.43 Å². The van der Waals surface area contributed by atoms with E-state index in [4.69, 9.17) is 0 Å². The van der Waals surface area contributed by atoms with Crippen molar-refractivity contribution < 1.29 is 9.18 Å². The number of hydrazone groups is 1. The Morgan fingerprint density at radius 3 is 2.22 bits per heavy atom. The van der Waals surface area contributed by atoms with E-state index in [0.29, 0.717) is 16.8 Å². The van der Waals surface area contributed by atoms with Gasteiger partial charge in [-0.05, 0) is 36.1 Å². The number of benzene rings is 2. The molecule has 0 saturated carbocycles. The predicted octanol–water partition coefficient (Wildman–Crippen LogP) is 4.28. The summed E-state index contributed by atoms with van der Waals surface area (Å²) in [7, 11) is 0. The summed E-state index contributed by atoms with van der Waals surface area (Å²) in [6.45, 7) is 8.00. The molecular formula is C19H21FN2O. The first-order chi connectivity index (χ1) is 10.8. The van der Waals surface area contributed by atoms with Crippen molar-refractivity contribution in [3.05, 3.63) is 71.0 Å². The molecule has 0 aliphatic carbocycles. The van der Waals surface area contributed by atoms with Gasteiger partial charge in [0.25, 0.3) is 5.91 Å². The van der Waals surface area contributed by atoms with Gasteiger partial charge in [0, 0.05) is 11.1 Å². The molecule has 4 heteroatoms. The Hall–Kier alpha value is -2.49. The quantitative estimate of drug-likeness (QED) is 0.667. The Labute approximate surface area is 136 Å². The smallest absolute Gasteiger partial charge is 0.267 e. The van der Waals surface area contributed by atoms with Crippen molar-refractivity contribution >= 4 is 11.6 Å². The highest BCUT2D eigenvalue weighted by Crippen LogP contribution is 2.22. The van der Waals surface area contributed by atoms with Crippen molar-refractivity contribution in [2.75, 3.05) is 0 Å². The minimum absolute atomic E-state index is 0.0363. The van der Waals surface area contributed by atoms with Crippen molar-refractivity contribution in [2.45, 2.75) is 33.1 Å². The van der Waals surface area contributed by atoms with Crippen LogP contribution in [0.25, 0.3) is 0 Å². The van der Waals surface area contributed by atoms with Crippen LogP contribution in [0.3, 0.4) is 0 Å². The van der Waals surface area contributed by atoms with Gasteiger partial charge in [-0.25, -0.2) is 9.82 Å². The maximum atomic E-state index is 13.7. The minimum Gasteiger partial charge on any atom is -0.267 e. The lowest BCUT2D eigenvalue weighted by Crippen LogP contribution is -2.20. The van der Waals surface area contributed by atoms with Gasteiger partial charge in [-0.3, -0.25) is 4.79 Å². The van der Waals surface area contributed by atoms with Crippen LogP contribution >= 0.6 is 0 Å². The van der Waals surface area contributed by atoms with Crippen molar-refractivity contribution in [1.82, 2.24) is 5.43 Å². The second-order valence-electron chi connectivity index (χ2n) is 6.45. The van der Waals surface area contributed by atoms with Crippen molar-refractivity contribution in [3.63, 3.8) is 0 Å². The van der Waals surface area contributed by atoms with E-state index in [0.717, 1.165) is 5.56 Å². The molecule has 0 bridgehead atoms. The maximum absolute atomic E-state index is 13.7. The van der Waals surface area contributed by atoms with E-state index < -0.39 is 0 Å². The number of carbonyl (C=O) groups is 1. The third kappa shape index (κ3) is 4.25. The molecule has 0 spiro atoms. The topological polar surface area (TPSA) is 41.5 Å². The lowest BCUT2D eigenvalue weighted by Gasteiger charge is -2.18. The first-order valence-corrected chi connectivity index (χ1v) is 7.49. The largest absolute Gasteiger partial charge is 0.271 e. The van der Waals surface area contributed by atoms with Gasteiger partial charge >= 0.3 is 0 Å². The van der Waals surface area contributed by atoms with Crippen LogP contribution in [0.5, 0.6) is 0 Å². The fourth-order valence-corrected chi connectivity index (χ4v) is 2.14. The van der Waals surface area contributed by atoms with Gasteiger partial charge in [-0.2, -0.15) is 5.10 Å². The Kier molecular flexibility index (Phi) is 4.94. The third-order valence-corrected chi connectivity index (χ3v) is 3.60. The Bertz CT molecular complexity index is 728. The van der Waals surface area contributed by atoms with Crippen LogP contribution in [0.15, 0.2) is 53.6 Å². The van der Waals surface area contributed by atoms with Gasteiger partial charge in [0.05, 0.1) is 5.71 Å². The molecule has 0 fully saturated rings. The molecule has 0 radical (unpaired) electrons. The molecule has 3 nitrogen and oxygen atoms in total. The molecule has 0 atom stereocenters.